The topological polar surface area (TPSA) is 63.4 Å². The summed E-state index contributed by atoms with van der Waals surface area (Å²) in [6.45, 7) is 15.1. The van der Waals surface area contributed by atoms with Gasteiger partial charge in [0.25, 0.3) is 0 Å². The first-order valence-corrected chi connectivity index (χ1v) is 18.5. The first-order valence-electron chi connectivity index (χ1n) is 16.2. The summed E-state index contributed by atoms with van der Waals surface area (Å²) in [5.74, 6) is 7.06. The van der Waals surface area contributed by atoms with Crippen LogP contribution < -0.4 is 5.73 Å². The molecule has 1 rings (SSSR count). The molecule has 240 valence electrons. The number of hydrogen-bond acceptors (Lipinski definition) is 4. The van der Waals surface area contributed by atoms with Crippen molar-refractivity contribution < 1.29 is 9.59 Å². The van der Waals surface area contributed by atoms with Crippen molar-refractivity contribution in [1.29, 1.82) is 0 Å². The van der Waals surface area contributed by atoms with Gasteiger partial charge in [0.2, 0.25) is 11.8 Å². The molecule has 2 N–H and O–H groups in total. The van der Waals surface area contributed by atoms with Crippen LogP contribution >= 0.6 is 23.5 Å². The van der Waals surface area contributed by atoms with Gasteiger partial charge in [-0.15, -0.1) is 0 Å². The van der Waals surface area contributed by atoms with Gasteiger partial charge >= 0.3 is 0 Å². The van der Waals surface area contributed by atoms with E-state index in [0.29, 0.717) is 23.8 Å². The third kappa shape index (κ3) is 28.7. The Morgan fingerprint density at radius 3 is 1.59 bits per heavy atom. The van der Waals surface area contributed by atoms with E-state index >= 15 is 0 Å². The molecule has 0 saturated heterocycles. The van der Waals surface area contributed by atoms with E-state index < -0.39 is 0 Å². The van der Waals surface area contributed by atoms with Crippen molar-refractivity contribution in [3.05, 3.63) is 35.4 Å². The van der Waals surface area contributed by atoms with Crippen LogP contribution in [0.1, 0.15) is 141 Å². The second kappa shape index (κ2) is 29.0. The molecule has 41 heavy (non-hydrogen) atoms. The van der Waals surface area contributed by atoms with Crippen molar-refractivity contribution in [2.75, 3.05) is 37.1 Å². The molecule has 0 heterocycles. The van der Waals surface area contributed by atoms with Crippen LogP contribution in [0.4, 0.5) is 0 Å². The van der Waals surface area contributed by atoms with Crippen LogP contribution in [0.2, 0.25) is 0 Å². The molecule has 0 atom stereocenters. The molecule has 0 radical (unpaired) electrons. The zero-order chi connectivity index (χ0) is 31.5. The van der Waals surface area contributed by atoms with Gasteiger partial charge in [0.05, 0.1) is 0 Å². The van der Waals surface area contributed by atoms with Crippen LogP contribution in [0, 0.1) is 11.8 Å². The third-order valence-corrected chi connectivity index (χ3v) is 8.82. The van der Waals surface area contributed by atoms with Crippen molar-refractivity contribution in [2.45, 2.75) is 125 Å². The summed E-state index contributed by atoms with van der Waals surface area (Å²) in [5.41, 5.74) is 6.86. The molecule has 0 aromatic heterocycles. The minimum atomic E-state index is -0.348. The number of thioether (sulfide) groups is 2. The SMILES string of the molecule is CC(C)CC(=O)N(C)C.CC(C)c1ccccc1C(N)=O.CCCSCCCCCCCCCCSCCC(C)C. The fraction of sp³-hybridized carbons (Fsp3) is 0.771. The lowest BCUT2D eigenvalue weighted by Crippen LogP contribution is -2.22. The molecule has 4 nitrogen and oxygen atoms in total. The highest BCUT2D eigenvalue weighted by molar-refractivity contribution is 7.99. The molecule has 0 aliphatic carbocycles. The number of primary amides is 1. The van der Waals surface area contributed by atoms with Gasteiger partial charge in [-0.3, -0.25) is 9.59 Å². The largest absolute Gasteiger partial charge is 0.366 e. The highest BCUT2D eigenvalue weighted by Crippen LogP contribution is 2.18. The van der Waals surface area contributed by atoms with E-state index in [1.54, 1.807) is 25.1 Å². The van der Waals surface area contributed by atoms with Crippen molar-refractivity contribution >= 4 is 35.3 Å². The minimum Gasteiger partial charge on any atom is -0.366 e. The standard InChI is InChI=1S/C18H38S2.C10H13NO.C7H15NO/c1-4-14-19-15-11-9-7-5-6-8-10-12-16-20-17-13-18(2)3;1-7(2)8-5-3-4-6-9(8)10(11)12;1-6(2)5-7(9)8(3)4/h18H,4-17H2,1-3H3;3-7H,1-2H3,(H2,11,12);6H,5H2,1-4H3. The number of carbonyl (C=O) groups is 2. The van der Waals surface area contributed by atoms with Crippen LogP contribution in [0.5, 0.6) is 0 Å². The second-order valence-corrected chi connectivity index (χ2v) is 14.7. The van der Waals surface area contributed by atoms with Crippen LogP contribution in [0.3, 0.4) is 0 Å². The summed E-state index contributed by atoms with van der Waals surface area (Å²) in [5, 5.41) is 0. The Bertz CT molecular complexity index is 751. The van der Waals surface area contributed by atoms with Crippen molar-refractivity contribution in [1.82, 2.24) is 4.90 Å². The van der Waals surface area contributed by atoms with Gasteiger partial charge < -0.3 is 10.6 Å². The maximum atomic E-state index is 10.9. The van der Waals surface area contributed by atoms with Gasteiger partial charge in [0.15, 0.2) is 0 Å². The number of amides is 2. The van der Waals surface area contributed by atoms with Crippen LogP contribution in [0.25, 0.3) is 0 Å². The summed E-state index contributed by atoms with van der Waals surface area (Å²) < 4.78 is 0. The number of nitrogens with two attached hydrogens (primary N) is 1. The zero-order valence-electron chi connectivity index (χ0n) is 28.3. The summed E-state index contributed by atoms with van der Waals surface area (Å²) in [4.78, 5) is 23.5. The summed E-state index contributed by atoms with van der Waals surface area (Å²) >= 11 is 4.29. The summed E-state index contributed by atoms with van der Waals surface area (Å²) in [7, 11) is 3.56. The Morgan fingerprint density at radius 2 is 1.22 bits per heavy atom. The van der Waals surface area contributed by atoms with Crippen LogP contribution in [-0.2, 0) is 4.79 Å². The smallest absolute Gasteiger partial charge is 0.248 e. The number of benzene rings is 1. The molecule has 0 unspecified atom stereocenters. The summed E-state index contributed by atoms with van der Waals surface area (Å²) in [6.07, 6.45) is 15.1. The first kappa shape index (κ1) is 42.0. The van der Waals surface area contributed by atoms with Crippen molar-refractivity contribution in [2.24, 2.45) is 17.6 Å². The van der Waals surface area contributed by atoms with Gasteiger partial charge in [0.1, 0.15) is 0 Å². The maximum absolute atomic E-state index is 10.9. The fourth-order valence-corrected chi connectivity index (χ4v) is 6.04. The van der Waals surface area contributed by atoms with Crippen molar-refractivity contribution in [3.63, 3.8) is 0 Å². The van der Waals surface area contributed by atoms with E-state index in [4.69, 9.17) is 5.73 Å². The van der Waals surface area contributed by atoms with E-state index in [1.807, 2.05) is 45.9 Å². The monoisotopic (exact) mass is 610 g/mol. The van der Waals surface area contributed by atoms with E-state index in [0.717, 1.165) is 11.5 Å². The number of nitrogens with zero attached hydrogens (tertiary/aromatic N) is 1. The minimum absolute atomic E-state index is 0.213. The Morgan fingerprint density at radius 1 is 0.732 bits per heavy atom. The molecular formula is C35H66N2O2S2. The maximum Gasteiger partial charge on any atom is 0.248 e. The molecule has 0 spiro atoms. The third-order valence-electron chi connectivity index (χ3n) is 6.45. The van der Waals surface area contributed by atoms with Gasteiger partial charge in [0, 0.05) is 26.1 Å². The van der Waals surface area contributed by atoms with Gasteiger partial charge in [-0.2, -0.15) is 23.5 Å². The molecule has 0 saturated carbocycles. The Balaban J connectivity index is 0. The lowest BCUT2D eigenvalue weighted by atomic mass is 9.97. The molecule has 1 aromatic carbocycles. The highest BCUT2D eigenvalue weighted by Gasteiger charge is 2.09. The number of carbonyl (C=O) groups excluding carboxylic acids is 2. The van der Waals surface area contributed by atoms with E-state index in [-0.39, 0.29) is 11.8 Å². The predicted molar refractivity (Wildman–Crippen MR) is 189 cm³/mol. The molecule has 0 bridgehead atoms. The highest BCUT2D eigenvalue weighted by atomic mass is 32.2. The Hall–Kier alpha value is -1.14. The number of rotatable bonds is 20. The average molecular weight is 611 g/mol. The molecule has 0 fully saturated rings. The van der Waals surface area contributed by atoms with Crippen molar-refractivity contribution in [3.8, 4) is 0 Å². The average Bonchev–Trinajstić information content (AvgIpc) is 2.91. The van der Waals surface area contributed by atoms with E-state index in [1.165, 1.54) is 87.2 Å². The lowest BCUT2D eigenvalue weighted by Gasteiger charge is -2.10. The van der Waals surface area contributed by atoms with Crippen LogP contribution in [-0.4, -0.2) is 53.8 Å². The van der Waals surface area contributed by atoms with E-state index in [9.17, 15) is 9.59 Å². The number of unbranched alkanes of at least 4 members (excludes halogenated alkanes) is 7. The molecular weight excluding hydrogens is 545 g/mol. The summed E-state index contributed by atoms with van der Waals surface area (Å²) in [6, 6.07) is 7.44. The molecule has 6 heteroatoms. The molecule has 1 aromatic rings. The number of hydrogen-bond donors (Lipinski definition) is 1. The van der Waals surface area contributed by atoms with E-state index in [2.05, 4.69) is 44.3 Å². The molecule has 2 amide bonds. The Labute approximate surface area is 264 Å². The predicted octanol–water partition coefficient (Wildman–Crippen LogP) is 10.1. The van der Waals surface area contributed by atoms with Crippen LogP contribution in [0.15, 0.2) is 24.3 Å². The quantitative estimate of drug-likeness (QED) is 0.149. The normalized spacial score (nSPS) is 10.7. The first-order chi connectivity index (χ1) is 19.4. The fourth-order valence-electron chi connectivity index (χ4n) is 3.89. The lowest BCUT2D eigenvalue weighted by molar-refractivity contribution is -0.129. The van der Waals surface area contributed by atoms with Gasteiger partial charge in [-0.1, -0.05) is 105 Å². The molecule has 0 aliphatic heterocycles. The van der Waals surface area contributed by atoms with Gasteiger partial charge in [-0.05, 0) is 78.1 Å². The molecule has 0 aliphatic rings. The second-order valence-electron chi connectivity index (χ2n) is 12.2. The zero-order valence-corrected chi connectivity index (χ0v) is 29.9. The Kier molecular flexibility index (Phi) is 29.7. The van der Waals surface area contributed by atoms with Gasteiger partial charge in [-0.25, -0.2) is 0 Å².